The number of hydrogen-bond acceptors (Lipinski definition) is 4. The molecule has 6 nitrogen and oxygen atoms in total. The van der Waals surface area contributed by atoms with Crippen LogP contribution in [0.3, 0.4) is 0 Å². The molecule has 3 aromatic rings. The molecule has 0 saturated carbocycles. The fourth-order valence-corrected chi connectivity index (χ4v) is 2.57. The smallest absolute Gasteiger partial charge is 0.161 e. The van der Waals surface area contributed by atoms with Crippen LogP contribution in [0, 0.1) is 0 Å². The molecule has 0 radical (unpaired) electrons. The van der Waals surface area contributed by atoms with Crippen LogP contribution in [0.15, 0.2) is 43.1 Å². The lowest BCUT2D eigenvalue weighted by molar-refractivity contribution is 0.459. The van der Waals surface area contributed by atoms with Crippen LogP contribution in [0.1, 0.15) is 37.8 Å². The number of imidazole rings is 1. The van der Waals surface area contributed by atoms with Crippen molar-refractivity contribution in [2.45, 2.75) is 32.2 Å². The van der Waals surface area contributed by atoms with Gasteiger partial charge in [-0.15, -0.1) is 5.10 Å². The molecule has 0 unspecified atom stereocenters. The van der Waals surface area contributed by atoms with E-state index in [-0.39, 0.29) is 6.04 Å². The average molecular weight is 296 g/mol. The SMILES string of the molecule is CCCC[C@H](c1cccnc1)n1cc(-c2nccn2C)nn1. The molecule has 0 fully saturated rings. The van der Waals surface area contributed by atoms with Crippen LogP contribution in [0.5, 0.6) is 0 Å². The lowest BCUT2D eigenvalue weighted by Gasteiger charge is -2.16. The molecule has 0 aliphatic rings. The van der Waals surface area contributed by atoms with Gasteiger partial charge in [-0.2, -0.15) is 0 Å². The summed E-state index contributed by atoms with van der Waals surface area (Å²) in [6, 6.07) is 4.22. The maximum absolute atomic E-state index is 4.33. The number of nitrogens with zero attached hydrogens (tertiary/aromatic N) is 6. The van der Waals surface area contributed by atoms with Gasteiger partial charge in [-0.25, -0.2) is 9.67 Å². The minimum absolute atomic E-state index is 0.162. The van der Waals surface area contributed by atoms with Crippen LogP contribution >= 0.6 is 0 Å². The zero-order chi connectivity index (χ0) is 15.4. The van der Waals surface area contributed by atoms with E-state index in [0.29, 0.717) is 0 Å². The maximum atomic E-state index is 4.33. The number of pyridine rings is 1. The van der Waals surface area contributed by atoms with Crippen LogP contribution < -0.4 is 0 Å². The van der Waals surface area contributed by atoms with E-state index in [4.69, 9.17) is 0 Å². The molecule has 0 aromatic carbocycles. The van der Waals surface area contributed by atoms with Crippen molar-refractivity contribution in [2.75, 3.05) is 0 Å². The molecule has 6 heteroatoms. The Labute approximate surface area is 129 Å². The Morgan fingerprint density at radius 3 is 2.86 bits per heavy atom. The molecule has 0 amide bonds. The van der Waals surface area contributed by atoms with Crippen molar-refractivity contribution >= 4 is 0 Å². The number of unbranched alkanes of at least 4 members (excludes halogenated alkanes) is 1. The summed E-state index contributed by atoms with van der Waals surface area (Å²) in [4.78, 5) is 8.56. The van der Waals surface area contributed by atoms with E-state index in [9.17, 15) is 0 Å². The van der Waals surface area contributed by atoms with Gasteiger partial charge in [-0.3, -0.25) is 4.98 Å². The van der Waals surface area contributed by atoms with E-state index in [2.05, 4.69) is 33.3 Å². The Hall–Kier alpha value is -2.50. The first kappa shape index (κ1) is 14.4. The molecule has 0 saturated heterocycles. The Balaban J connectivity index is 1.92. The summed E-state index contributed by atoms with van der Waals surface area (Å²) in [5.74, 6) is 0.826. The first-order valence-electron chi connectivity index (χ1n) is 7.59. The predicted molar refractivity (Wildman–Crippen MR) is 84.1 cm³/mol. The minimum atomic E-state index is 0.162. The van der Waals surface area contributed by atoms with E-state index >= 15 is 0 Å². The van der Waals surface area contributed by atoms with Gasteiger partial charge in [0.2, 0.25) is 0 Å². The number of rotatable bonds is 6. The summed E-state index contributed by atoms with van der Waals surface area (Å²) >= 11 is 0. The van der Waals surface area contributed by atoms with Gasteiger partial charge in [0.05, 0.1) is 12.2 Å². The van der Waals surface area contributed by atoms with Gasteiger partial charge in [0.15, 0.2) is 5.82 Å². The molecule has 0 spiro atoms. The van der Waals surface area contributed by atoms with E-state index in [1.807, 2.05) is 41.0 Å². The van der Waals surface area contributed by atoms with Crippen molar-refractivity contribution in [3.63, 3.8) is 0 Å². The Kier molecular flexibility index (Phi) is 4.27. The molecule has 0 aliphatic carbocycles. The van der Waals surface area contributed by atoms with Crippen molar-refractivity contribution in [3.05, 3.63) is 48.7 Å². The van der Waals surface area contributed by atoms with Crippen molar-refractivity contribution in [1.82, 2.24) is 29.5 Å². The largest absolute Gasteiger partial charge is 0.333 e. The van der Waals surface area contributed by atoms with Gasteiger partial charge in [0, 0.05) is 31.8 Å². The predicted octanol–water partition coefficient (Wildman–Crippen LogP) is 2.85. The van der Waals surface area contributed by atoms with Crippen molar-refractivity contribution in [1.29, 1.82) is 0 Å². The van der Waals surface area contributed by atoms with Gasteiger partial charge in [-0.1, -0.05) is 31.0 Å². The highest BCUT2D eigenvalue weighted by molar-refractivity contribution is 5.47. The highest BCUT2D eigenvalue weighted by atomic mass is 15.4. The second-order valence-corrected chi connectivity index (χ2v) is 5.39. The van der Waals surface area contributed by atoms with Crippen LogP contribution in [0.2, 0.25) is 0 Å². The molecule has 3 aromatic heterocycles. The van der Waals surface area contributed by atoms with Gasteiger partial charge >= 0.3 is 0 Å². The monoisotopic (exact) mass is 296 g/mol. The van der Waals surface area contributed by atoms with Crippen LogP contribution in [0.4, 0.5) is 0 Å². The van der Waals surface area contributed by atoms with Gasteiger partial charge in [0.1, 0.15) is 5.69 Å². The third-order valence-corrected chi connectivity index (χ3v) is 3.78. The van der Waals surface area contributed by atoms with Crippen LogP contribution in [-0.4, -0.2) is 29.5 Å². The Morgan fingerprint density at radius 2 is 2.18 bits per heavy atom. The third-order valence-electron chi connectivity index (χ3n) is 3.78. The van der Waals surface area contributed by atoms with Gasteiger partial charge < -0.3 is 4.57 Å². The van der Waals surface area contributed by atoms with Gasteiger partial charge in [-0.05, 0) is 18.1 Å². The molecule has 114 valence electrons. The summed E-state index contributed by atoms with van der Waals surface area (Å²) in [5.41, 5.74) is 1.95. The molecule has 3 rings (SSSR count). The maximum Gasteiger partial charge on any atom is 0.161 e. The van der Waals surface area contributed by atoms with E-state index in [1.54, 1.807) is 12.4 Å². The van der Waals surface area contributed by atoms with E-state index in [0.717, 1.165) is 36.3 Å². The summed E-state index contributed by atoms with van der Waals surface area (Å²) in [5, 5.41) is 8.61. The van der Waals surface area contributed by atoms with E-state index in [1.165, 1.54) is 0 Å². The zero-order valence-electron chi connectivity index (χ0n) is 12.9. The normalized spacial score (nSPS) is 12.5. The molecular formula is C16H20N6. The lowest BCUT2D eigenvalue weighted by atomic mass is 10.0. The molecule has 0 bridgehead atoms. The zero-order valence-corrected chi connectivity index (χ0v) is 12.9. The highest BCUT2D eigenvalue weighted by Crippen LogP contribution is 2.24. The first-order chi connectivity index (χ1) is 10.8. The fraction of sp³-hybridized carbons (Fsp3) is 0.375. The van der Waals surface area contributed by atoms with Crippen molar-refractivity contribution in [3.8, 4) is 11.5 Å². The molecule has 0 N–H and O–H groups in total. The highest BCUT2D eigenvalue weighted by Gasteiger charge is 2.17. The Bertz CT molecular complexity index is 715. The number of aromatic nitrogens is 6. The quantitative estimate of drug-likeness (QED) is 0.701. The van der Waals surface area contributed by atoms with Gasteiger partial charge in [0.25, 0.3) is 0 Å². The molecule has 22 heavy (non-hydrogen) atoms. The van der Waals surface area contributed by atoms with Crippen molar-refractivity contribution in [2.24, 2.45) is 7.05 Å². The molecule has 1 atom stereocenters. The van der Waals surface area contributed by atoms with Crippen molar-refractivity contribution < 1.29 is 0 Å². The summed E-state index contributed by atoms with van der Waals surface area (Å²) < 4.78 is 3.87. The van der Waals surface area contributed by atoms with Crippen LogP contribution in [-0.2, 0) is 7.05 Å². The standard InChI is InChI=1S/C16H20N6/c1-3-4-7-15(13-6-5-8-17-11-13)22-12-14(19-20-22)16-18-9-10-21(16)2/h5-6,8-12,15H,3-4,7H2,1-2H3/t15-/m1/s1. The fourth-order valence-electron chi connectivity index (χ4n) is 2.57. The second-order valence-electron chi connectivity index (χ2n) is 5.39. The second kappa shape index (κ2) is 6.51. The van der Waals surface area contributed by atoms with Crippen LogP contribution in [0.25, 0.3) is 11.5 Å². The lowest BCUT2D eigenvalue weighted by Crippen LogP contribution is -2.12. The number of aryl methyl sites for hydroxylation is 1. The van der Waals surface area contributed by atoms with E-state index < -0.39 is 0 Å². The molecule has 0 aliphatic heterocycles. The number of hydrogen-bond donors (Lipinski definition) is 0. The average Bonchev–Trinajstić information content (AvgIpc) is 3.18. The Morgan fingerprint density at radius 1 is 1.27 bits per heavy atom. The third kappa shape index (κ3) is 2.90. The minimum Gasteiger partial charge on any atom is -0.333 e. The molecule has 3 heterocycles. The first-order valence-corrected chi connectivity index (χ1v) is 7.59. The molecular weight excluding hydrogens is 276 g/mol. The summed E-state index contributed by atoms with van der Waals surface area (Å²) in [6.45, 7) is 2.20. The summed E-state index contributed by atoms with van der Waals surface area (Å²) in [7, 11) is 1.96. The summed E-state index contributed by atoms with van der Waals surface area (Å²) in [6.07, 6.45) is 12.6. The topological polar surface area (TPSA) is 61.4 Å².